The zero-order valence-electron chi connectivity index (χ0n) is 12.7. The first-order valence-electron chi connectivity index (χ1n) is 7.63. The second-order valence-electron chi connectivity index (χ2n) is 5.45. The summed E-state index contributed by atoms with van der Waals surface area (Å²) >= 11 is 1.71. The number of nitrogens with zero attached hydrogens (tertiary/aromatic N) is 3. The zero-order valence-corrected chi connectivity index (χ0v) is 13.5. The van der Waals surface area contributed by atoms with Gasteiger partial charge in [-0.05, 0) is 37.6 Å². The summed E-state index contributed by atoms with van der Waals surface area (Å²) < 4.78 is 0. The molecule has 22 heavy (non-hydrogen) atoms. The highest BCUT2D eigenvalue weighted by molar-refractivity contribution is 7.09. The first kappa shape index (κ1) is 15.0. The van der Waals surface area contributed by atoms with E-state index in [9.17, 15) is 4.79 Å². The lowest BCUT2D eigenvalue weighted by atomic mass is 10.2. The van der Waals surface area contributed by atoms with Gasteiger partial charge < -0.3 is 10.2 Å². The van der Waals surface area contributed by atoms with Crippen LogP contribution < -0.4 is 10.2 Å². The van der Waals surface area contributed by atoms with E-state index in [2.05, 4.69) is 26.3 Å². The maximum absolute atomic E-state index is 12.2. The van der Waals surface area contributed by atoms with E-state index < -0.39 is 0 Å². The number of thiophene rings is 1. The molecule has 116 valence electrons. The molecule has 0 bridgehead atoms. The predicted octanol–water partition coefficient (Wildman–Crippen LogP) is 2.42. The molecular formula is C16H20N4OS. The molecule has 6 heteroatoms. The SMILES string of the molecule is Cc1nc(N2CCCC2)ncc1C(=O)NCCc1cccs1. The smallest absolute Gasteiger partial charge is 0.254 e. The number of amides is 1. The summed E-state index contributed by atoms with van der Waals surface area (Å²) in [5.74, 6) is 0.646. The number of hydrogen-bond acceptors (Lipinski definition) is 5. The standard InChI is InChI=1S/C16H20N4OS/c1-12-14(11-18-16(19-12)20-8-2-3-9-20)15(21)17-7-6-13-5-4-10-22-13/h4-5,10-11H,2-3,6-9H2,1H3,(H,17,21). The molecule has 3 heterocycles. The molecule has 0 atom stereocenters. The van der Waals surface area contributed by atoms with Gasteiger partial charge in [-0.1, -0.05) is 6.07 Å². The Balaban J connectivity index is 1.59. The Bertz CT molecular complexity index is 636. The van der Waals surface area contributed by atoms with E-state index in [1.165, 1.54) is 17.7 Å². The Morgan fingerprint density at radius 3 is 2.91 bits per heavy atom. The molecule has 1 saturated heterocycles. The monoisotopic (exact) mass is 316 g/mol. The number of carbonyl (C=O) groups is 1. The van der Waals surface area contributed by atoms with Crippen molar-refractivity contribution in [1.82, 2.24) is 15.3 Å². The summed E-state index contributed by atoms with van der Waals surface area (Å²) in [5, 5.41) is 4.99. The molecule has 3 rings (SSSR count). The van der Waals surface area contributed by atoms with Gasteiger partial charge in [-0.2, -0.15) is 0 Å². The fourth-order valence-electron chi connectivity index (χ4n) is 2.60. The molecule has 1 N–H and O–H groups in total. The molecule has 1 aliphatic rings. The molecule has 0 radical (unpaired) electrons. The van der Waals surface area contributed by atoms with Gasteiger partial charge >= 0.3 is 0 Å². The highest BCUT2D eigenvalue weighted by Crippen LogP contribution is 2.17. The van der Waals surface area contributed by atoms with Crippen molar-refractivity contribution in [2.75, 3.05) is 24.5 Å². The van der Waals surface area contributed by atoms with Gasteiger partial charge in [0.05, 0.1) is 11.3 Å². The molecule has 0 aromatic carbocycles. The van der Waals surface area contributed by atoms with Gasteiger partial charge in [-0.25, -0.2) is 9.97 Å². The molecule has 1 amide bonds. The second-order valence-corrected chi connectivity index (χ2v) is 6.48. The Hall–Kier alpha value is -1.95. The number of aryl methyl sites for hydroxylation is 1. The fourth-order valence-corrected chi connectivity index (χ4v) is 3.31. The molecule has 0 aliphatic carbocycles. The van der Waals surface area contributed by atoms with E-state index in [4.69, 9.17) is 0 Å². The molecule has 0 saturated carbocycles. The average molecular weight is 316 g/mol. The van der Waals surface area contributed by atoms with Crippen LogP contribution in [0.3, 0.4) is 0 Å². The van der Waals surface area contributed by atoms with Crippen LogP contribution in [-0.4, -0.2) is 35.5 Å². The van der Waals surface area contributed by atoms with Gasteiger partial charge in [0.15, 0.2) is 0 Å². The van der Waals surface area contributed by atoms with Crippen LogP contribution in [0, 0.1) is 6.92 Å². The lowest BCUT2D eigenvalue weighted by molar-refractivity contribution is 0.0953. The Labute approximate surface area is 134 Å². The van der Waals surface area contributed by atoms with Gasteiger partial charge in [0, 0.05) is 30.7 Å². The largest absolute Gasteiger partial charge is 0.352 e. The summed E-state index contributed by atoms with van der Waals surface area (Å²) in [4.78, 5) is 24.5. The van der Waals surface area contributed by atoms with Gasteiger partial charge in [0.25, 0.3) is 5.91 Å². The Morgan fingerprint density at radius 1 is 1.41 bits per heavy atom. The van der Waals surface area contributed by atoms with Crippen LogP contribution in [0.25, 0.3) is 0 Å². The summed E-state index contributed by atoms with van der Waals surface area (Å²) in [6.07, 6.45) is 4.88. The third-order valence-electron chi connectivity index (χ3n) is 3.84. The fraction of sp³-hybridized carbons (Fsp3) is 0.438. The van der Waals surface area contributed by atoms with Crippen molar-refractivity contribution in [2.45, 2.75) is 26.2 Å². The van der Waals surface area contributed by atoms with Crippen molar-refractivity contribution < 1.29 is 4.79 Å². The van der Waals surface area contributed by atoms with Crippen LogP contribution in [0.1, 0.15) is 33.8 Å². The topological polar surface area (TPSA) is 58.1 Å². The summed E-state index contributed by atoms with van der Waals surface area (Å²) in [6.45, 7) is 4.51. The summed E-state index contributed by atoms with van der Waals surface area (Å²) in [7, 11) is 0. The Morgan fingerprint density at radius 2 is 2.23 bits per heavy atom. The average Bonchev–Trinajstić information content (AvgIpc) is 3.20. The molecule has 0 unspecified atom stereocenters. The number of anilines is 1. The van der Waals surface area contributed by atoms with E-state index in [0.717, 1.165) is 31.2 Å². The van der Waals surface area contributed by atoms with E-state index in [0.29, 0.717) is 12.1 Å². The summed E-state index contributed by atoms with van der Waals surface area (Å²) in [6, 6.07) is 4.10. The third kappa shape index (κ3) is 3.44. The van der Waals surface area contributed by atoms with Crippen LogP contribution in [0.4, 0.5) is 5.95 Å². The van der Waals surface area contributed by atoms with Crippen LogP contribution >= 0.6 is 11.3 Å². The van der Waals surface area contributed by atoms with Crippen molar-refractivity contribution >= 4 is 23.2 Å². The minimum atomic E-state index is -0.0953. The van der Waals surface area contributed by atoms with E-state index in [1.807, 2.05) is 18.4 Å². The van der Waals surface area contributed by atoms with Crippen molar-refractivity contribution in [2.24, 2.45) is 0 Å². The van der Waals surface area contributed by atoms with Crippen molar-refractivity contribution in [1.29, 1.82) is 0 Å². The molecular weight excluding hydrogens is 296 g/mol. The molecule has 2 aromatic rings. The highest BCUT2D eigenvalue weighted by Gasteiger charge is 2.17. The molecule has 5 nitrogen and oxygen atoms in total. The van der Waals surface area contributed by atoms with Crippen molar-refractivity contribution in [3.63, 3.8) is 0 Å². The molecule has 0 spiro atoms. The lowest BCUT2D eigenvalue weighted by Crippen LogP contribution is -2.27. The number of rotatable bonds is 5. The van der Waals surface area contributed by atoms with Crippen LogP contribution in [0.2, 0.25) is 0 Å². The first-order valence-corrected chi connectivity index (χ1v) is 8.51. The lowest BCUT2D eigenvalue weighted by Gasteiger charge is -2.16. The highest BCUT2D eigenvalue weighted by atomic mass is 32.1. The number of nitrogens with one attached hydrogen (secondary N) is 1. The van der Waals surface area contributed by atoms with Crippen LogP contribution in [-0.2, 0) is 6.42 Å². The maximum Gasteiger partial charge on any atom is 0.254 e. The van der Waals surface area contributed by atoms with E-state index in [-0.39, 0.29) is 5.91 Å². The van der Waals surface area contributed by atoms with Gasteiger partial charge in [0.2, 0.25) is 5.95 Å². The quantitative estimate of drug-likeness (QED) is 0.920. The van der Waals surface area contributed by atoms with Gasteiger partial charge in [0.1, 0.15) is 0 Å². The predicted molar refractivity (Wildman–Crippen MR) is 88.6 cm³/mol. The maximum atomic E-state index is 12.2. The van der Waals surface area contributed by atoms with E-state index in [1.54, 1.807) is 17.5 Å². The summed E-state index contributed by atoms with van der Waals surface area (Å²) in [5.41, 5.74) is 1.31. The minimum absolute atomic E-state index is 0.0953. The normalized spacial score (nSPS) is 14.3. The molecule has 2 aromatic heterocycles. The molecule has 1 aliphatic heterocycles. The van der Waals surface area contributed by atoms with Crippen LogP contribution in [0.5, 0.6) is 0 Å². The Kier molecular flexibility index (Phi) is 4.68. The van der Waals surface area contributed by atoms with Crippen LogP contribution in [0.15, 0.2) is 23.7 Å². The number of hydrogen-bond donors (Lipinski definition) is 1. The first-order chi connectivity index (χ1) is 10.7. The minimum Gasteiger partial charge on any atom is -0.352 e. The second kappa shape index (κ2) is 6.87. The number of aromatic nitrogens is 2. The van der Waals surface area contributed by atoms with Gasteiger partial charge in [-0.15, -0.1) is 11.3 Å². The zero-order chi connectivity index (χ0) is 15.4. The van der Waals surface area contributed by atoms with Gasteiger partial charge in [-0.3, -0.25) is 4.79 Å². The van der Waals surface area contributed by atoms with E-state index >= 15 is 0 Å². The number of carbonyl (C=O) groups excluding carboxylic acids is 1. The third-order valence-corrected chi connectivity index (χ3v) is 4.77. The molecule has 1 fully saturated rings. The van der Waals surface area contributed by atoms with Crippen molar-refractivity contribution in [3.8, 4) is 0 Å². The van der Waals surface area contributed by atoms with Crippen molar-refractivity contribution in [3.05, 3.63) is 39.8 Å².